The van der Waals surface area contributed by atoms with Gasteiger partial charge in [0, 0.05) is 10.7 Å². The second-order valence-corrected chi connectivity index (χ2v) is 6.66. The summed E-state index contributed by atoms with van der Waals surface area (Å²) in [7, 11) is 3.25. The van der Waals surface area contributed by atoms with Gasteiger partial charge in [0.05, 0.1) is 26.1 Å². The van der Waals surface area contributed by atoms with Crippen LogP contribution in [0.5, 0.6) is 11.5 Å². The van der Waals surface area contributed by atoms with Gasteiger partial charge in [-0.1, -0.05) is 56.1 Å². The number of rotatable bonds is 8. The Morgan fingerprint density at radius 2 is 1.29 bits per heavy atom. The maximum atomic E-state index is 13.2. The Hall–Kier alpha value is -1.33. The first-order valence-corrected chi connectivity index (χ1v) is 9.82. The van der Waals surface area contributed by atoms with Crippen molar-refractivity contribution in [1.82, 2.24) is 0 Å². The monoisotopic (exact) mass is 454 g/mol. The van der Waals surface area contributed by atoms with Crippen molar-refractivity contribution >= 4 is 37.6 Å². The van der Waals surface area contributed by atoms with Crippen LogP contribution in [0, 0.1) is 0 Å². The van der Waals surface area contributed by atoms with Gasteiger partial charge in [-0.05, 0) is 35.4 Å². The van der Waals surface area contributed by atoms with Crippen molar-refractivity contribution in [2.24, 2.45) is 0 Å². The summed E-state index contributed by atoms with van der Waals surface area (Å²) in [5, 5.41) is 1.12. The van der Waals surface area contributed by atoms with Crippen LogP contribution in [0.3, 0.4) is 0 Å². The molecule has 2 aromatic rings. The van der Waals surface area contributed by atoms with E-state index in [0.29, 0.717) is 10.7 Å². The first kappa shape index (κ1) is 19.0. The molecule has 2 unspecified atom stereocenters. The number of Topliss-reactive ketones (excluding diaryl/α,β-unsaturated/α-hetero) is 1. The summed E-state index contributed by atoms with van der Waals surface area (Å²) in [5.41, 5.74) is 1.90. The zero-order chi connectivity index (χ0) is 17.5. The molecule has 5 heteroatoms. The molecule has 24 heavy (non-hydrogen) atoms. The predicted molar refractivity (Wildman–Crippen MR) is 104 cm³/mol. The van der Waals surface area contributed by atoms with Gasteiger partial charge in [-0.3, -0.25) is 4.79 Å². The van der Waals surface area contributed by atoms with Crippen LogP contribution in [0.2, 0.25) is 0 Å². The highest BCUT2D eigenvalue weighted by atomic mass is 79.9. The summed E-state index contributed by atoms with van der Waals surface area (Å²) in [6.07, 6.45) is 0. The molecule has 0 saturated heterocycles. The second-order valence-electron chi connectivity index (χ2n) is 5.37. The predicted octanol–water partition coefficient (Wildman–Crippen LogP) is 4.93. The van der Waals surface area contributed by atoms with Gasteiger partial charge in [0.15, 0.2) is 0 Å². The standard InChI is InChI=1S/C19H20Br2O3/c1-23-15-7-3-5-13(9-15)17(11-20)19(22)18(12-21)14-6-4-8-16(10-14)24-2/h3-10,17-18H,11-12H2,1-2H3. The third-order valence-electron chi connectivity index (χ3n) is 3.99. The quantitative estimate of drug-likeness (QED) is 0.529. The maximum absolute atomic E-state index is 13.2. The van der Waals surface area contributed by atoms with Crippen LogP contribution in [-0.2, 0) is 4.79 Å². The van der Waals surface area contributed by atoms with Crippen molar-refractivity contribution in [3.05, 3.63) is 59.7 Å². The van der Waals surface area contributed by atoms with Crippen LogP contribution < -0.4 is 9.47 Å². The van der Waals surface area contributed by atoms with Gasteiger partial charge in [0.2, 0.25) is 0 Å². The van der Waals surface area contributed by atoms with Crippen molar-refractivity contribution in [3.63, 3.8) is 0 Å². The smallest absolute Gasteiger partial charge is 0.149 e. The molecule has 0 saturated carbocycles. The topological polar surface area (TPSA) is 35.5 Å². The van der Waals surface area contributed by atoms with Gasteiger partial charge in [0.1, 0.15) is 17.3 Å². The molecular formula is C19H20Br2O3. The lowest BCUT2D eigenvalue weighted by atomic mass is 9.85. The zero-order valence-electron chi connectivity index (χ0n) is 13.7. The Kier molecular flexibility index (Phi) is 7.31. The van der Waals surface area contributed by atoms with Crippen molar-refractivity contribution < 1.29 is 14.3 Å². The van der Waals surface area contributed by atoms with Crippen LogP contribution in [-0.4, -0.2) is 30.7 Å². The second kappa shape index (κ2) is 9.23. The first-order chi connectivity index (χ1) is 11.6. The Bertz CT molecular complexity index is 630. The van der Waals surface area contributed by atoms with Gasteiger partial charge in [0.25, 0.3) is 0 Å². The molecule has 128 valence electrons. The molecule has 0 bridgehead atoms. The van der Waals surface area contributed by atoms with E-state index in [4.69, 9.17) is 9.47 Å². The van der Waals surface area contributed by atoms with E-state index in [1.165, 1.54) is 0 Å². The lowest BCUT2D eigenvalue weighted by Gasteiger charge is -2.21. The molecule has 2 aromatic carbocycles. The molecule has 0 fully saturated rings. The van der Waals surface area contributed by atoms with E-state index in [1.807, 2.05) is 48.5 Å². The molecular weight excluding hydrogens is 436 g/mol. The van der Waals surface area contributed by atoms with Crippen molar-refractivity contribution in [2.75, 3.05) is 24.9 Å². The van der Waals surface area contributed by atoms with E-state index in [1.54, 1.807) is 14.2 Å². The number of alkyl halides is 2. The maximum Gasteiger partial charge on any atom is 0.149 e. The van der Waals surface area contributed by atoms with E-state index in [-0.39, 0.29) is 17.6 Å². The van der Waals surface area contributed by atoms with E-state index in [9.17, 15) is 4.79 Å². The SMILES string of the molecule is COc1cccc(C(CBr)C(=O)C(CBr)c2cccc(OC)c2)c1. The summed E-state index contributed by atoms with van der Waals surface area (Å²) in [4.78, 5) is 13.2. The number of ketones is 1. The molecule has 2 atom stereocenters. The fraction of sp³-hybridized carbons (Fsp3) is 0.316. The van der Waals surface area contributed by atoms with E-state index in [0.717, 1.165) is 22.6 Å². The molecule has 0 aliphatic rings. The lowest BCUT2D eigenvalue weighted by molar-refractivity contribution is -0.121. The molecule has 0 aliphatic carbocycles. The first-order valence-electron chi connectivity index (χ1n) is 7.58. The van der Waals surface area contributed by atoms with Crippen LogP contribution in [0.15, 0.2) is 48.5 Å². The van der Waals surface area contributed by atoms with Gasteiger partial charge < -0.3 is 9.47 Å². The number of halogens is 2. The number of ether oxygens (including phenoxy) is 2. The molecule has 0 spiro atoms. The lowest BCUT2D eigenvalue weighted by Crippen LogP contribution is -2.23. The number of carbonyl (C=O) groups is 1. The van der Waals surface area contributed by atoms with Gasteiger partial charge in [-0.25, -0.2) is 0 Å². The molecule has 0 aliphatic heterocycles. The largest absolute Gasteiger partial charge is 0.497 e. The average Bonchev–Trinajstić information content (AvgIpc) is 2.63. The molecule has 0 heterocycles. The number of benzene rings is 2. The molecule has 0 amide bonds. The normalized spacial score (nSPS) is 13.2. The Balaban J connectivity index is 2.33. The molecule has 2 rings (SSSR count). The van der Waals surface area contributed by atoms with Crippen LogP contribution in [0.25, 0.3) is 0 Å². The van der Waals surface area contributed by atoms with Crippen molar-refractivity contribution in [2.45, 2.75) is 11.8 Å². The number of hydrogen-bond donors (Lipinski definition) is 0. The average molecular weight is 456 g/mol. The Morgan fingerprint density at radius 3 is 1.62 bits per heavy atom. The fourth-order valence-electron chi connectivity index (χ4n) is 2.62. The highest BCUT2D eigenvalue weighted by Gasteiger charge is 2.28. The van der Waals surface area contributed by atoms with E-state index in [2.05, 4.69) is 31.9 Å². The summed E-state index contributed by atoms with van der Waals surface area (Å²) < 4.78 is 10.6. The van der Waals surface area contributed by atoms with Gasteiger partial charge in [-0.15, -0.1) is 0 Å². The third kappa shape index (κ3) is 4.39. The Labute approximate surface area is 159 Å². The summed E-state index contributed by atoms with van der Waals surface area (Å²) in [6, 6.07) is 15.3. The number of methoxy groups -OCH3 is 2. The molecule has 0 radical (unpaired) electrons. The van der Waals surface area contributed by atoms with Crippen molar-refractivity contribution in [1.29, 1.82) is 0 Å². The van der Waals surface area contributed by atoms with Gasteiger partial charge >= 0.3 is 0 Å². The third-order valence-corrected chi connectivity index (χ3v) is 5.28. The molecule has 3 nitrogen and oxygen atoms in total. The minimum Gasteiger partial charge on any atom is -0.497 e. The summed E-state index contributed by atoms with van der Waals surface area (Å²) in [6.45, 7) is 0. The number of carbonyl (C=O) groups excluding carboxylic acids is 1. The molecule has 0 aromatic heterocycles. The molecule has 0 N–H and O–H groups in total. The van der Waals surface area contributed by atoms with Crippen LogP contribution in [0.1, 0.15) is 23.0 Å². The Morgan fingerprint density at radius 1 is 0.875 bits per heavy atom. The summed E-state index contributed by atoms with van der Waals surface area (Å²) in [5.74, 6) is 1.18. The minimum absolute atomic E-state index is 0.158. The number of hydrogen-bond acceptors (Lipinski definition) is 3. The summed E-state index contributed by atoms with van der Waals surface area (Å²) >= 11 is 6.99. The van der Waals surface area contributed by atoms with E-state index < -0.39 is 0 Å². The van der Waals surface area contributed by atoms with Crippen LogP contribution >= 0.6 is 31.9 Å². The zero-order valence-corrected chi connectivity index (χ0v) is 16.8. The van der Waals surface area contributed by atoms with Crippen LogP contribution in [0.4, 0.5) is 0 Å². The highest BCUT2D eigenvalue weighted by molar-refractivity contribution is 9.09. The van der Waals surface area contributed by atoms with Crippen molar-refractivity contribution in [3.8, 4) is 11.5 Å². The van der Waals surface area contributed by atoms with Gasteiger partial charge in [-0.2, -0.15) is 0 Å². The highest BCUT2D eigenvalue weighted by Crippen LogP contribution is 2.32. The minimum atomic E-state index is -0.242. The fourth-order valence-corrected chi connectivity index (χ4v) is 4.00. The van der Waals surface area contributed by atoms with E-state index >= 15 is 0 Å².